The van der Waals surface area contributed by atoms with Gasteiger partial charge in [0.25, 0.3) is 11.8 Å². The van der Waals surface area contributed by atoms with Crippen LogP contribution in [0.25, 0.3) is 11.0 Å². The number of ether oxygens (including phenoxy) is 1. The Balaban J connectivity index is 0.000000917. The van der Waals surface area contributed by atoms with Crippen molar-refractivity contribution in [2.75, 3.05) is 18.4 Å². The Bertz CT molecular complexity index is 1420. The molecule has 4 aromatic rings. The van der Waals surface area contributed by atoms with E-state index >= 15 is 0 Å². The third-order valence-electron chi connectivity index (χ3n) is 5.42. The summed E-state index contributed by atoms with van der Waals surface area (Å²) in [5, 5.41) is 7.57. The fourth-order valence-corrected chi connectivity index (χ4v) is 3.51. The van der Waals surface area contributed by atoms with E-state index in [1.807, 2.05) is 31.2 Å². The number of aryl methyl sites for hydroxylation is 2. The van der Waals surface area contributed by atoms with Gasteiger partial charge < -0.3 is 19.4 Å². The number of anilines is 1. The van der Waals surface area contributed by atoms with Gasteiger partial charge in [-0.15, -0.1) is 0 Å². The fourth-order valence-electron chi connectivity index (χ4n) is 3.51. The number of carbonyl (C=O) groups is 2. The van der Waals surface area contributed by atoms with E-state index in [-0.39, 0.29) is 17.6 Å². The summed E-state index contributed by atoms with van der Waals surface area (Å²) < 4.78 is 30.1. The number of carbonyl (C=O) groups excluding carboxylic acids is 2. The summed E-state index contributed by atoms with van der Waals surface area (Å²) in [5.41, 5.74) is 1.85. The quantitative estimate of drug-likeness (QED) is 0.449. The molecule has 0 aliphatic carbocycles. The first-order chi connectivity index (χ1) is 16.9. The van der Waals surface area contributed by atoms with Gasteiger partial charge in [-0.3, -0.25) is 14.3 Å². The van der Waals surface area contributed by atoms with Crippen molar-refractivity contribution in [3.8, 4) is 11.5 Å². The molecule has 35 heavy (non-hydrogen) atoms. The maximum atomic E-state index is 12.9. The largest absolute Gasteiger partial charge is 0.457 e. The Morgan fingerprint density at radius 1 is 1.09 bits per heavy atom. The summed E-state index contributed by atoms with van der Waals surface area (Å²) in [6, 6.07) is 14.2. The van der Waals surface area contributed by atoms with Crippen molar-refractivity contribution in [2.24, 2.45) is 7.05 Å². The molecule has 11 heteroatoms. The lowest BCUT2D eigenvalue weighted by atomic mass is 10.1. The number of fused-ring (bicyclic) bond motifs is 1. The molecule has 10 nitrogen and oxygen atoms in total. The number of benzene rings is 2. The Kier molecular flexibility index (Phi) is 7.06. The van der Waals surface area contributed by atoms with Crippen molar-refractivity contribution in [1.29, 1.82) is 0 Å². The van der Waals surface area contributed by atoms with E-state index < -0.39 is 11.6 Å². The van der Waals surface area contributed by atoms with Crippen molar-refractivity contribution >= 4 is 40.2 Å². The molecule has 0 saturated carbocycles. The van der Waals surface area contributed by atoms with Gasteiger partial charge in [0, 0.05) is 44.0 Å². The maximum Gasteiger partial charge on any atom is 0.335 e. The van der Waals surface area contributed by atoms with Crippen LogP contribution < -0.4 is 10.1 Å². The van der Waals surface area contributed by atoms with Crippen molar-refractivity contribution in [2.45, 2.75) is 13.3 Å². The summed E-state index contributed by atoms with van der Waals surface area (Å²) in [6.07, 6.45) is 2.73. The molecule has 0 radical (unpaired) electrons. The first-order valence-corrected chi connectivity index (χ1v) is 11.4. The predicted molar refractivity (Wildman–Crippen MR) is 128 cm³/mol. The van der Waals surface area contributed by atoms with Gasteiger partial charge in [0.05, 0.1) is 5.39 Å². The lowest BCUT2D eigenvalue weighted by molar-refractivity contribution is 0.0621. The first kappa shape index (κ1) is 23.9. The van der Waals surface area contributed by atoms with Crippen LogP contribution in [0.5, 0.6) is 11.5 Å². The lowest BCUT2D eigenvalue weighted by Crippen LogP contribution is -2.41. The Labute approximate surface area is 204 Å². The van der Waals surface area contributed by atoms with Crippen LogP contribution in [0.3, 0.4) is 0 Å². The van der Waals surface area contributed by atoms with E-state index in [9.17, 15) is 9.59 Å². The molecule has 180 valence electrons. The molecular formula is C24H22N4O6S. The number of hydrogen-bond acceptors (Lipinski definition) is 7. The van der Waals surface area contributed by atoms with Crippen LogP contribution in [-0.2, 0) is 18.6 Å². The highest BCUT2D eigenvalue weighted by atomic mass is 32.1. The van der Waals surface area contributed by atoms with E-state index in [0.29, 0.717) is 33.8 Å². The second-order valence-electron chi connectivity index (χ2n) is 7.95. The zero-order valence-electron chi connectivity index (χ0n) is 19.0. The zero-order valence-corrected chi connectivity index (χ0v) is 19.8. The highest BCUT2D eigenvalue weighted by Gasteiger charge is 2.26. The average Bonchev–Trinajstić information content (AvgIpc) is 3.40. The summed E-state index contributed by atoms with van der Waals surface area (Å²) in [7, 11) is 1.77. The van der Waals surface area contributed by atoms with Gasteiger partial charge in [0.2, 0.25) is 0 Å². The number of likely N-dealkylation sites (tertiary alicyclic amines) is 1. The van der Waals surface area contributed by atoms with E-state index in [0.717, 1.165) is 25.1 Å². The fraction of sp³-hybridized carbons (Fsp3) is 0.208. The second kappa shape index (κ2) is 10.3. The minimum Gasteiger partial charge on any atom is -0.457 e. The summed E-state index contributed by atoms with van der Waals surface area (Å²) in [4.78, 5) is 27.3. The van der Waals surface area contributed by atoms with Gasteiger partial charge in [-0.25, -0.2) is 0 Å². The molecule has 1 N–H and O–H groups in total. The summed E-state index contributed by atoms with van der Waals surface area (Å²) in [6.45, 7) is 3.44. The minimum absolute atomic E-state index is 0.159. The summed E-state index contributed by atoms with van der Waals surface area (Å²) in [5.74, 6) is 1.21. The van der Waals surface area contributed by atoms with Crippen molar-refractivity contribution < 1.29 is 27.2 Å². The van der Waals surface area contributed by atoms with E-state index in [4.69, 9.17) is 17.6 Å². The van der Waals surface area contributed by atoms with Crippen LogP contribution in [0.1, 0.15) is 32.9 Å². The van der Waals surface area contributed by atoms with Gasteiger partial charge in [-0.05, 0) is 37.6 Å². The van der Waals surface area contributed by atoms with Gasteiger partial charge in [-0.1, -0.05) is 17.7 Å². The van der Waals surface area contributed by atoms with Crippen LogP contribution in [0.15, 0.2) is 59.1 Å². The van der Waals surface area contributed by atoms with E-state index in [1.54, 1.807) is 47.1 Å². The third-order valence-corrected chi connectivity index (χ3v) is 5.42. The van der Waals surface area contributed by atoms with Crippen molar-refractivity contribution in [1.82, 2.24) is 14.7 Å². The Morgan fingerprint density at radius 3 is 2.40 bits per heavy atom. The molecule has 2 aromatic heterocycles. The third kappa shape index (κ3) is 5.46. The molecule has 2 aromatic carbocycles. The minimum atomic E-state index is -0.750. The Hall–Kier alpha value is -4.25. The molecule has 0 unspecified atom stereocenters. The topological polar surface area (TPSA) is 124 Å². The molecule has 1 aliphatic heterocycles. The van der Waals surface area contributed by atoms with E-state index in [1.165, 1.54) is 0 Å². The van der Waals surface area contributed by atoms with Crippen LogP contribution >= 0.6 is 0 Å². The van der Waals surface area contributed by atoms with Crippen LogP contribution in [0, 0.1) is 6.92 Å². The van der Waals surface area contributed by atoms with E-state index in [2.05, 4.69) is 10.4 Å². The van der Waals surface area contributed by atoms with Crippen molar-refractivity contribution in [3.63, 3.8) is 0 Å². The summed E-state index contributed by atoms with van der Waals surface area (Å²) >= 11 is -0.750. The number of amides is 2. The molecule has 3 heterocycles. The molecule has 1 aliphatic rings. The van der Waals surface area contributed by atoms with Crippen LogP contribution in [0.2, 0.25) is 0 Å². The normalized spacial score (nSPS) is 12.3. The number of aromatic nitrogens is 2. The highest BCUT2D eigenvalue weighted by Crippen LogP contribution is 2.35. The standard InChI is InChI=1S/C24H22N4O4.O2S/c1-15-4-6-17(7-5-15)31-19-12-16(23(29)25-22-8-11-27(2)26-22)13-20-18(19)14-21(32-20)24(30)28-9-3-10-28;1-3-2/h4-8,11-14H,3,9-10H2,1-2H3,(H,25,26,29);. The van der Waals surface area contributed by atoms with Gasteiger partial charge >= 0.3 is 11.6 Å². The highest BCUT2D eigenvalue weighted by molar-refractivity contribution is 7.51. The molecular weight excluding hydrogens is 472 g/mol. The van der Waals surface area contributed by atoms with Crippen LogP contribution in [-0.4, -0.2) is 48.0 Å². The second-order valence-corrected chi connectivity index (χ2v) is 8.09. The number of hydrogen-bond donors (Lipinski definition) is 1. The monoisotopic (exact) mass is 494 g/mol. The number of rotatable bonds is 5. The molecule has 5 rings (SSSR count). The molecule has 1 saturated heterocycles. The zero-order chi connectivity index (χ0) is 24.9. The average molecular weight is 495 g/mol. The SMILES string of the molecule is Cc1ccc(Oc2cc(C(=O)Nc3ccn(C)n3)cc3oc(C(=O)N4CCC4)cc23)cc1.O=S=O. The molecule has 1 fully saturated rings. The smallest absolute Gasteiger partial charge is 0.335 e. The van der Waals surface area contributed by atoms with Gasteiger partial charge in [0.1, 0.15) is 17.1 Å². The van der Waals surface area contributed by atoms with Gasteiger partial charge in [-0.2, -0.15) is 13.5 Å². The van der Waals surface area contributed by atoms with Crippen molar-refractivity contribution in [3.05, 3.63) is 71.6 Å². The first-order valence-electron chi connectivity index (χ1n) is 10.7. The molecule has 0 atom stereocenters. The molecule has 0 bridgehead atoms. The lowest BCUT2D eigenvalue weighted by Gasteiger charge is -2.29. The number of nitrogens with zero attached hydrogens (tertiary/aromatic N) is 3. The predicted octanol–water partition coefficient (Wildman–Crippen LogP) is 3.70. The maximum absolute atomic E-state index is 12.9. The molecule has 2 amide bonds. The van der Waals surface area contributed by atoms with Crippen LogP contribution in [0.4, 0.5) is 5.82 Å². The molecule has 0 spiro atoms. The number of furan rings is 1. The number of nitrogens with one attached hydrogen (secondary N) is 1. The van der Waals surface area contributed by atoms with Gasteiger partial charge in [0.15, 0.2) is 11.6 Å². The Morgan fingerprint density at radius 2 is 1.80 bits per heavy atom.